The van der Waals surface area contributed by atoms with Crippen molar-refractivity contribution >= 4 is 35.0 Å². The van der Waals surface area contributed by atoms with Crippen molar-refractivity contribution in [3.05, 3.63) is 112 Å². The first-order chi connectivity index (χ1) is 15.2. The van der Waals surface area contributed by atoms with Crippen LogP contribution in [0.25, 0.3) is 11.8 Å². The molecular weight excluding hydrogens is 404 g/mol. The summed E-state index contributed by atoms with van der Waals surface area (Å²) in [4.78, 5) is 7.40. The number of rotatable bonds is 2. The van der Waals surface area contributed by atoms with Crippen LogP contribution in [-0.2, 0) is 0 Å². The van der Waals surface area contributed by atoms with Crippen molar-refractivity contribution in [3.63, 3.8) is 0 Å². The second-order valence-corrected chi connectivity index (χ2v) is 8.19. The maximum absolute atomic E-state index is 6.22. The molecule has 1 atom stereocenters. The van der Waals surface area contributed by atoms with Crippen LogP contribution in [0.4, 0.5) is 11.5 Å². The zero-order valence-corrected chi connectivity index (χ0v) is 17.7. The summed E-state index contributed by atoms with van der Waals surface area (Å²) in [5.41, 5.74) is 6.55. The number of aliphatic imine (C=N–C) groups is 1. The minimum absolute atomic E-state index is 0.0525. The SMILES string of the molecule is Cc1nn(-c2ccccc2)c2c1C(c1ccc(Cl)cc1)N1C(=N2)C=Cc2ccccc21. The normalized spacial score (nSPS) is 16.4. The van der Waals surface area contributed by atoms with Crippen LogP contribution in [0, 0.1) is 6.92 Å². The molecule has 0 saturated carbocycles. The van der Waals surface area contributed by atoms with Crippen molar-refractivity contribution in [3.8, 4) is 5.69 Å². The highest BCUT2D eigenvalue weighted by Gasteiger charge is 2.37. The van der Waals surface area contributed by atoms with Gasteiger partial charge in [0.2, 0.25) is 0 Å². The van der Waals surface area contributed by atoms with Crippen LogP contribution >= 0.6 is 11.6 Å². The number of nitrogens with zero attached hydrogens (tertiary/aromatic N) is 4. The van der Waals surface area contributed by atoms with E-state index in [0.29, 0.717) is 0 Å². The largest absolute Gasteiger partial charge is 0.314 e. The summed E-state index contributed by atoms with van der Waals surface area (Å²) < 4.78 is 1.95. The van der Waals surface area contributed by atoms with Gasteiger partial charge in [-0.2, -0.15) is 5.10 Å². The molecule has 6 rings (SSSR count). The van der Waals surface area contributed by atoms with Crippen LogP contribution in [-0.4, -0.2) is 15.6 Å². The quantitative estimate of drug-likeness (QED) is 0.369. The highest BCUT2D eigenvalue weighted by atomic mass is 35.5. The molecule has 0 radical (unpaired) electrons. The summed E-state index contributed by atoms with van der Waals surface area (Å²) in [6, 6.07) is 26.6. The number of amidine groups is 1. The lowest BCUT2D eigenvalue weighted by atomic mass is 9.92. The zero-order valence-electron chi connectivity index (χ0n) is 16.9. The molecule has 3 heterocycles. The fraction of sp³-hybridized carbons (Fsp3) is 0.0769. The lowest BCUT2D eigenvalue weighted by Crippen LogP contribution is -2.38. The Kier molecular flexibility index (Phi) is 4.08. The molecule has 1 unspecified atom stereocenters. The van der Waals surface area contributed by atoms with E-state index in [2.05, 4.69) is 72.5 Å². The molecule has 0 N–H and O–H groups in total. The second kappa shape index (κ2) is 6.96. The topological polar surface area (TPSA) is 33.4 Å². The molecule has 5 heteroatoms. The maximum Gasteiger partial charge on any atom is 0.163 e. The van der Waals surface area contributed by atoms with E-state index in [1.54, 1.807) is 0 Å². The lowest BCUT2D eigenvalue weighted by molar-refractivity contribution is 0.813. The molecule has 0 amide bonds. The first-order valence-corrected chi connectivity index (χ1v) is 10.6. The summed E-state index contributed by atoms with van der Waals surface area (Å²) in [5.74, 6) is 1.78. The summed E-state index contributed by atoms with van der Waals surface area (Å²) in [6.07, 6.45) is 4.22. The predicted molar refractivity (Wildman–Crippen MR) is 127 cm³/mol. The molecular formula is C26H19ClN4. The monoisotopic (exact) mass is 422 g/mol. The molecule has 31 heavy (non-hydrogen) atoms. The van der Waals surface area contributed by atoms with E-state index >= 15 is 0 Å². The van der Waals surface area contributed by atoms with E-state index in [1.165, 1.54) is 5.56 Å². The van der Waals surface area contributed by atoms with E-state index < -0.39 is 0 Å². The fourth-order valence-electron chi connectivity index (χ4n) is 4.48. The molecule has 0 saturated heterocycles. The van der Waals surface area contributed by atoms with Crippen LogP contribution < -0.4 is 4.90 Å². The fourth-order valence-corrected chi connectivity index (χ4v) is 4.61. The minimum atomic E-state index is -0.0525. The molecule has 150 valence electrons. The number of hydrogen-bond acceptors (Lipinski definition) is 3. The van der Waals surface area contributed by atoms with Gasteiger partial charge in [0.05, 0.1) is 23.1 Å². The standard InChI is InChI=1S/C26H19ClN4/c1-17-24-25(19-11-14-20(27)15-12-19)30-22-10-6-5-7-18(22)13-16-23(30)28-26(24)31(29-17)21-8-3-2-4-9-21/h2-16,25H,1H3. The first kappa shape index (κ1) is 18.2. The molecule has 0 spiro atoms. The Morgan fingerprint density at radius 3 is 2.39 bits per heavy atom. The van der Waals surface area contributed by atoms with Crippen LogP contribution in [0.1, 0.15) is 28.4 Å². The van der Waals surface area contributed by atoms with E-state index in [9.17, 15) is 0 Å². The first-order valence-electron chi connectivity index (χ1n) is 10.3. The van der Waals surface area contributed by atoms with Gasteiger partial charge in [-0.25, -0.2) is 9.67 Å². The Morgan fingerprint density at radius 1 is 0.839 bits per heavy atom. The van der Waals surface area contributed by atoms with Gasteiger partial charge in [0.15, 0.2) is 5.82 Å². The average Bonchev–Trinajstić information content (AvgIpc) is 3.15. The molecule has 0 bridgehead atoms. The van der Waals surface area contributed by atoms with Gasteiger partial charge in [0, 0.05) is 10.6 Å². The van der Waals surface area contributed by atoms with Gasteiger partial charge in [-0.3, -0.25) is 0 Å². The van der Waals surface area contributed by atoms with E-state index in [0.717, 1.165) is 44.9 Å². The molecule has 0 fully saturated rings. The van der Waals surface area contributed by atoms with Crippen LogP contribution in [0.5, 0.6) is 0 Å². The Bertz CT molecular complexity index is 1350. The van der Waals surface area contributed by atoms with Gasteiger partial charge in [-0.1, -0.05) is 60.1 Å². The second-order valence-electron chi connectivity index (χ2n) is 7.76. The van der Waals surface area contributed by atoms with Crippen LogP contribution in [0.3, 0.4) is 0 Å². The van der Waals surface area contributed by atoms with Gasteiger partial charge >= 0.3 is 0 Å². The summed E-state index contributed by atoms with van der Waals surface area (Å²) in [6.45, 7) is 2.06. The Labute approximate surface area is 185 Å². The Balaban J connectivity index is 1.64. The van der Waals surface area contributed by atoms with E-state index in [-0.39, 0.29) is 6.04 Å². The predicted octanol–water partition coefficient (Wildman–Crippen LogP) is 6.50. The third kappa shape index (κ3) is 2.83. The van der Waals surface area contributed by atoms with E-state index in [1.807, 2.05) is 35.0 Å². The smallest absolute Gasteiger partial charge is 0.163 e. The van der Waals surface area contributed by atoms with Gasteiger partial charge in [0.1, 0.15) is 5.84 Å². The van der Waals surface area contributed by atoms with Gasteiger partial charge in [0.25, 0.3) is 0 Å². The van der Waals surface area contributed by atoms with Crippen LogP contribution in [0.2, 0.25) is 5.02 Å². The summed E-state index contributed by atoms with van der Waals surface area (Å²) >= 11 is 6.22. The molecule has 2 aliphatic heterocycles. The van der Waals surface area contributed by atoms with Crippen molar-refractivity contribution in [2.45, 2.75) is 13.0 Å². The molecule has 2 aliphatic rings. The lowest BCUT2D eigenvalue weighted by Gasteiger charge is -2.39. The number of fused-ring (bicyclic) bond motifs is 4. The van der Waals surface area contributed by atoms with Crippen molar-refractivity contribution < 1.29 is 0 Å². The van der Waals surface area contributed by atoms with Crippen molar-refractivity contribution in [1.82, 2.24) is 9.78 Å². The van der Waals surface area contributed by atoms with Gasteiger partial charge in [-0.05, 0) is 60.5 Å². The number of halogens is 1. The van der Waals surface area contributed by atoms with Crippen LogP contribution in [0.15, 0.2) is 89.9 Å². The third-order valence-corrected chi connectivity index (χ3v) is 6.13. The van der Waals surface area contributed by atoms with Gasteiger partial charge < -0.3 is 4.90 Å². The molecule has 0 aliphatic carbocycles. The number of benzene rings is 3. The minimum Gasteiger partial charge on any atom is -0.314 e. The van der Waals surface area contributed by atoms with Crippen molar-refractivity contribution in [2.75, 3.05) is 4.90 Å². The molecule has 1 aromatic heterocycles. The molecule has 4 aromatic rings. The number of aryl methyl sites for hydroxylation is 1. The number of para-hydroxylation sites is 2. The number of hydrogen-bond donors (Lipinski definition) is 0. The van der Waals surface area contributed by atoms with Gasteiger partial charge in [-0.15, -0.1) is 0 Å². The Morgan fingerprint density at radius 2 is 1.58 bits per heavy atom. The summed E-state index contributed by atoms with van der Waals surface area (Å²) in [7, 11) is 0. The van der Waals surface area contributed by atoms with E-state index in [4.69, 9.17) is 21.7 Å². The summed E-state index contributed by atoms with van der Waals surface area (Å²) in [5, 5.41) is 5.63. The van der Waals surface area contributed by atoms with Crippen molar-refractivity contribution in [1.29, 1.82) is 0 Å². The number of aromatic nitrogens is 2. The zero-order chi connectivity index (χ0) is 20.9. The molecule has 3 aromatic carbocycles. The molecule has 4 nitrogen and oxygen atoms in total. The highest BCUT2D eigenvalue weighted by Crippen LogP contribution is 2.46. The Hall–Kier alpha value is -3.63. The third-order valence-electron chi connectivity index (χ3n) is 5.87. The highest BCUT2D eigenvalue weighted by molar-refractivity contribution is 6.30. The average molecular weight is 423 g/mol. The number of anilines is 1. The maximum atomic E-state index is 6.22. The van der Waals surface area contributed by atoms with Crippen molar-refractivity contribution in [2.24, 2.45) is 4.99 Å².